The maximum absolute atomic E-state index is 11.5. The highest BCUT2D eigenvalue weighted by molar-refractivity contribution is 5.92. The van der Waals surface area contributed by atoms with Crippen LogP contribution in [0.3, 0.4) is 0 Å². The van der Waals surface area contributed by atoms with Crippen LogP contribution in [0.5, 0.6) is 5.75 Å². The minimum Gasteiger partial charge on any atom is -0.497 e. The second kappa shape index (κ2) is 3.65. The number of benzene rings is 1. The second-order valence-electron chi connectivity index (χ2n) is 3.17. The molecule has 78 valence electrons. The highest BCUT2D eigenvalue weighted by Gasteiger charge is 2.07. The van der Waals surface area contributed by atoms with Crippen molar-refractivity contribution in [1.29, 1.82) is 0 Å². The van der Waals surface area contributed by atoms with Crippen LogP contribution in [0, 0.1) is 0 Å². The third-order valence-corrected chi connectivity index (χ3v) is 2.33. The van der Waals surface area contributed by atoms with Crippen LogP contribution in [0.15, 0.2) is 30.5 Å². The first kappa shape index (κ1) is 9.58. The molecule has 2 rings (SSSR count). The van der Waals surface area contributed by atoms with Gasteiger partial charge in [-0.1, -0.05) is 0 Å². The SMILES string of the molecule is CNC(=O)n1ccc2ccc(OC)cc21. The zero-order chi connectivity index (χ0) is 10.8. The van der Waals surface area contributed by atoms with E-state index in [4.69, 9.17) is 4.74 Å². The van der Waals surface area contributed by atoms with Crippen LogP contribution in [-0.4, -0.2) is 24.8 Å². The topological polar surface area (TPSA) is 43.3 Å². The van der Waals surface area contributed by atoms with Gasteiger partial charge in [-0.3, -0.25) is 4.57 Å². The van der Waals surface area contributed by atoms with Gasteiger partial charge in [0.05, 0.1) is 12.6 Å². The molecule has 1 aromatic heterocycles. The Bertz CT molecular complexity index is 502. The van der Waals surface area contributed by atoms with Crippen molar-refractivity contribution in [2.75, 3.05) is 14.2 Å². The Hall–Kier alpha value is -1.97. The number of amides is 1. The number of aromatic nitrogens is 1. The van der Waals surface area contributed by atoms with Gasteiger partial charge >= 0.3 is 6.03 Å². The molecular formula is C11H12N2O2. The Morgan fingerprint density at radius 1 is 1.40 bits per heavy atom. The quantitative estimate of drug-likeness (QED) is 0.770. The van der Waals surface area contributed by atoms with Crippen LogP contribution >= 0.6 is 0 Å². The van der Waals surface area contributed by atoms with Crippen molar-refractivity contribution in [3.63, 3.8) is 0 Å². The molecule has 1 heterocycles. The van der Waals surface area contributed by atoms with Gasteiger partial charge in [0.25, 0.3) is 0 Å². The molecule has 4 nitrogen and oxygen atoms in total. The first-order valence-corrected chi connectivity index (χ1v) is 4.63. The van der Waals surface area contributed by atoms with Crippen molar-refractivity contribution in [3.8, 4) is 5.75 Å². The minimum atomic E-state index is -0.154. The third-order valence-electron chi connectivity index (χ3n) is 2.33. The molecule has 0 aliphatic rings. The van der Waals surface area contributed by atoms with E-state index in [1.54, 1.807) is 24.9 Å². The molecule has 0 saturated heterocycles. The summed E-state index contributed by atoms with van der Waals surface area (Å²) in [4.78, 5) is 11.5. The van der Waals surface area contributed by atoms with Gasteiger partial charge in [0.15, 0.2) is 0 Å². The van der Waals surface area contributed by atoms with E-state index in [9.17, 15) is 4.79 Å². The van der Waals surface area contributed by atoms with Crippen molar-refractivity contribution in [1.82, 2.24) is 9.88 Å². The van der Waals surface area contributed by atoms with Crippen LogP contribution in [-0.2, 0) is 0 Å². The third kappa shape index (κ3) is 1.54. The highest BCUT2D eigenvalue weighted by atomic mass is 16.5. The van der Waals surface area contributed by atoms with E-state index < -0.39 is 0 Å². The van der Waals surface area contributed by atoms with Crippen molar-refractivity contribution in [3.05, 3.63) is 30.5 Å². The maximum Gasteiger partial charge on any atom is 0.325 e. The molecule has 2 aromatic rings. The molecule has 0 radical (unpaired) electrons. The average molecular weight is 204 g/mol. The summed E-state index contributed by atoms with van der Waals surface area (Å²) in [6.45, 7) is 0. The lowest BCUT2D eigenvalue weighted by molar-refractivity contribution is 0.245. The Kier molecular flexibility index (Phi) is 2.33. The number of ether oxygens (including phenoxy) is 1. The fraction of sp³-hybridized carbons (Fsp3) is 0.182. The number of nitrogens with one attached hydrogen (secondary N) is 1. The molecule has 1 N–H and O–H groups in total. The van der Waals surface area contributed by atoms with Crippen LogP contribution in [0.25, 0.3) is 10.9 Å². The largest absolute Gasteiger partial charge is 0.497 e. The van der Waals surface area contributed by atoms with E-state index in [-0.39, 0.29) is 6.03 Å². The number of hydrogen-bond acceptors (Lipinski definition) is 2. The Morgan fingerprint density at radius 3 is 2.87 bits per heavy atom. The standard InChI is InChI=1S/C11H12N2O2/c1-12-11(14)13-6-5-8-3-4-9(15-2)7-10(8)13/h3-7H,1-2H3,(H,12,14). The summed E-state index contributed by atoms with van der Waals surface area (Å²) in [5, 5.41) is 3.59. The van der Waals surface area contributed by atoms with Crippen molar-refractivity contribution in [2.24, 2.45) is 0 Å². The van der Waals surface area contributed by atoms with Crippen molar-refractivity contribution >= 4 is 16.9 Å². The molecule has 4 heteroatoms. The molecular weight excluding hydrogens is 192 g/mol. The highest BCUT2D eigenvalue weighted by Crippen LogP contribution is 2.21. The zero-order valence-electron chi connectivity index (χ0n) is 8.65. The van der Waals surface area contributed by atoms with Gasteiger partial charge in [-0.15, -0.1) is 0 Å². The second-order valence-corrected chi connectivity index (χ2v) is 3.17. The molecule has 0 atom stereocenters. The predicted molar refractivity (Wildman–Crippen MR) is 58.3 cm³/mol. The molecule has 0 aliphatic heterocycles. The van der Waals surface area contributed by atoms with E-state index in [0.717, 1.165) is 16.7 Å². The van der Waals surface area contributed by atoms with E-state index in [1.165, 1.54) is 0 Å². The van der Waals surface area contributed by atoms with Gasteiger partial charge in [-0.2, -0.15) is 0 Å². The molecule has 0 saturated carbocycles. The Morgan fingerprint density at radius 2 is 2.20 bits per heavy atom. The van der Waals surface area contributed by atoms with Crippen LogP contribution < -0.4 is 10.1 Å². The average Bonchev–Trinajstić information content (AvgIpc) is 2.70. The van der Waals surface area contributed by atoms with Gasteiger partial charge < -0.3 is 10.1 Å². The lowest BCUT2D eigenvalue weighted by Gasteiger charge is -2.04. The van der Waals surface area contributed by atoms with Crippen LogP contribution in [0.2, 0.25) is 0 Å². The predicted octanol–water partition coefficient (Wildman–Crippen LogP) is 1.84. The maximum atomic E-state index is 11.5. The lowest BCUT2D eigenvalue weighted by atomic mass is 10.2. The van der Waals surface area contributed by atoms with Gasteiger partial charge in [0, 0.05) is 24.7 Å². The minimum absolute atomic E-state index is 0.154. The van der Waals surface area contributed by atoms with E-state index in [1.807, 2.05) is 24.3 Å². The van der Waals surface area contributed by atoms with E-state index >= 15 is 0 Å². The molecule has 0 bridgehead atoms. The van der Waals surface area contributed by atoms with Crippen molar-refractivity contribution in [2.45, 2.75) is 0 Å². The smallest absolute Gasteiger partial charge is 0.325 e. The summed E-state index contributed by atoms with van der Waals surface area (Å²) in [6.07, 6.45) is 1.74. The number of carbonyl (C=O) groups is 1. The van der Waals surface area contributed by atoms with Gasteiger partial charge in [0.1, 0.15) is 5.75 Å². The first-order chi connectivity index (χ1) is 7.26. The molecule has 0 spiro atoms. The summed E-state index contributed by atoms with van der Waals surface area (Å²) >= 11 is 0. The molecule has 15 heavy (non-hydrogen) atoms. The first-order valence-electron chi connectivity index (χ1n) is 4.63. The normalized spacial score (nSPS) is 10.3. The van der Waals surface area contributed by atoms with E-state index in [0.29, 0.717) is 0 Å². The van der Waals surface area contributed by atoms with Gasteiger partial charge in [-0.05, 0) is 18.2 Å². The fourth-order valence-electron chi connectivity index (χ4n) is 1.53. The molecule has 0 unspecified atom stereocenters. The summed E-state index contributed by atoms with van der Waals surface area (Å²) in [6, 6.07) is 7.37. The fourth-order valence-corrected chi connectivity index (χ4v) is 1.53. The molecule has 1 amide bonds. The monoisotopic (exact) mass is 204 g/mol. The van der Waals surface area contributed by atoms with Gasteiger partial charge in [-0.25, -0.2) is 4.79 Å². The molecule has 0 fully saturated rings. The summed E-state index contributed by atoms with van der Waals surface area (Å²) in [5.74, 6) is 0.742. The Labute approximate surface area is 87.5 Å². The number of methoxy groups -OCH3 is 1. The number of hydrogen-bond donors (Lipinski definition) is 1. The lowest BCUT2D eigenvalue weighted by Crippen LogP contribution is -2.23. The van der Waals surface area contributed by atoms with E-state index in [2.05, 4.69) is 5.32 Å². The van der Waals surface area contributed by atoms with Crippen molar-refractivity contribution < 1.29 is 9.53 Å². The molecule has 0 aliphatic carbocycles. The summed E-state index contributed by atoms with van der Waals surface area (Å²) < 4.78 is 6.67. The summed E-state index contributed by atoms with van der Waals surface area (Å²) in [5.41, 5.74) is 0.841. The number of fused-ring (bicyclic) bond motifs is 1. The van der Waals surface area contributed by atoms with Crippen LogP contribution in [0.1, 0.15) is 0 Å². The summed E-state index contributed by atoms with van der Waals surface area (Å²) in [7, 11) is 3.21. The van der Waals surface area contributed by atoms with Crippen LogP contribution in [0.4, 0.5) is 4.79 Å². The molecule has 1 aromatic carbocycles. The number of nitrogens with zero attached hydrogens (tertiary/aromatic N) is 1. The van der Waals surface area contributed by atoms with Gasteiger partial charge in [0.2, 0.25) is 0 Å². The Balaban J connectivity index is 2.61. The number of rotatable bonds is 1. The number of carbonyl (C=O) groups excluding carboxylic acids is 1. The zero-order valence-corrected chi connectivity index (χ0v) is 8.65.